The Morgan fingerprint density at radius 1 is 1.33 bits per heavy atom. The van der Waals surface area contributed by atoms with E-state index >= 15 is 0 Å². The van der Waals surface area contributed by atoms with Crippen LogP contribution in [0.25, 0.3) is 11.1 Å². The van der Waals surface area contributed by atoms with Crippen molar-refractivity contribution in [3.8, 4) is 0 Å². The minimum atomic E-state index is -3.72. The Morgan fingerprint density at radius 2 is 2.05 bits per heavy atom. The van der Waals surface area contributed by atoms with Crippen molar-refractivity contribution in [1.29, 1.82) is 0 Å². The van der Waals surface area contributed by atoms with Crippen LogP contribution in [0.2, 0.25) is 0 Å². The smallest absolute Gasteiger partial charge is 0.408 e. The second-order valence-corrected chi connectivity index (χ2v) is 6.20. The van der Waals surface area contributed by atoms with Crippen LogP contribution in [-0.2, 0) is 21.9 Å². The van der Waals surface area contributed by atoms with Crippen LogP contribution in [-0.4, -0.2) is 32.0 Å². The number of carbonyl (C=O) groups is 1. The van der Waals surface area contributed by atoms with Crippen LogP contribution >= 0.6 is 0 Å². The second-order valence-electron chi connectivity index (χ2n) is 4.44. The van der Waals surface area contributed by atoms with Gasteiger partial charge in [-0.3, -0.25) is 9.36 Å². The number of aryl methyl sites for hydroxylation is 1. The zero-order valence-electron chi connectivity index (χ0n) is 11.5. The monoisotopic (exact) mass is 313 g/mol. The van der Waals surface area contributed by atoms with Gasteiger partial charge in [0.25, 0.3) is 0 Å². The van der Waals surface area contributed by atoms with Gasteiger partial charge in [0.2, 0.25) is 15.9 Å². The van der Waals surface area contributed by atoms with Gasteiger partial charge in [-0.2, -0.15) is 0 Å². The first-order chi connectivity index (χ1) is 9.81. The van der Waals surface area contributed by atoms with E-state index in [9.17, 15) is 18.0 Å². The van der Waals surface area contributed by atoms with Crippen molar-refractivity contribution < 1.29 is 17.6 Å². The molecule has 1 aromatic heterocycles. The van der Waals surface area contributed by atoms with Crippen LogP contribution in [0.1, 0.15) is 6.92 Å². The molecule has 0 unspecified atom stereocenters. The third-order valence-corrected chi connectivity index (χ3v) is 4.32. The molecule has 0 saturated heterocycles. The summed E-state index contributed by atoms with van der Waals surface area (Å²) in [6.07, 6.45) is 0. The van der Waals surface area contributed by atoms with Crippen molar-refractivity contribution in [2.75, 3.05) is 13.1 Å². The summed E-state index contributed by atoms with van der Waals surface area (Å²) in [5, 5.41) is 2.49. The molecule has 0 aliphatic rings. The van der Waals surface area contributed by atoms with Crippen molar-refractivity contribution in [3.05, 3.63) is 28.7 Å². The number of hydrogen-bond acceptors (Lipinski definition) is 5. The Labute approximate surface area is 120 Å². The summed E-state index contributed by atoms with van der Waals surface area (Å²) in [4.78, 5) is 22.1. The Balaban J connectivity index is 2.22. The summed E-state index contributed by atoms with van der Waals surface area (Å²) in [6.45, 7) is 1.62. The number of amides is 1. The van der Waals surface area contributed by atoms with E-state index in [1.165, 1.54) is 36.7 Å². The maximum Gasteiger partial charge on any atom is 0.419 e. The highest BCUT2D eigenvalue weighted by Crippen LogP contribution is 2.17. The molecule has 21 heavy (non-hydrogen) atoms. The second kappa shape index (κ2) is 5.70. The molecule has 0 bridgehead atoms. The molecule has 8 nitrogen and oxygen atoms in total. The number of carbonyl (C=O) groups excluding carboxylic acids is 1. The van der Waals surface area contributed by atoms with E-state index in [1.54, 1.807) is 0 Å². The van der Waals surface area contributed by atoms with Gasteiger partial charge in [-0.15, -0.1) is 0 Å². The van der Waals surface area contributed by atoms with Gasteiger partial charge >= 0.3 is 5.76 Å². The number of rotatable bonds is 5. The third-order valence-electron chi connectivity index (χ3n) is 2.86. The fourth-order valence-electron chi connectivity index (χ4n) is 1.78. The van der Waals surface area contributed by atoms with Gasteiger partial charge in [0.1, 0.15) is 0 Å². The molecule has 0 fully saturated rings. The highest BCUT2D eigenvalue weighted by atomic mass is 32.2. The average Bonchev–Trinajstić information content (AvgIpc) is 2.70. The highest BCUT2D eigenvalue weighted by Gasteiger charge is 2.16. The molecule has 0 saturated carbocycles. The summed E-state index contributed by atoms with van der Waals surface area (Å²) in [5.41, 5.74) is 0.712. The SMILES string of the molecule is CC(=O)NCCNS(=O)(=O)c1ccc2oc(=O)n(C)c2c1. The van der Waals surface area contributed by atoms with Gasteiger partial charge in [0.05, 0.1) is 10.4 Å². The largest absolute Gasteiger partial charge is 0.419 e. The predicted octanol–water partition coefficient (Wildman–Crippen LogP) is -0.454. The molecule has 9 heteroatoms. The Morgan fingerprint density at radius 3 is 2.71 bits per heavy atom. The van der Waals surface area contributed by atoms with E-state index < -0.39 is 15.8 Å². The summed E-state index contributed by atoms with van der Waals surface area (Å²) in [6, 6.07) is 4.14. The number of fused-ring (bicyclic) bond motifs is 1. The minimum Gasteiger partial charge on any atom is -0.408 e. The molecule has 0 radical (unpaired) electrons. The first kappa shape index (κ1) is 15.3. The van der Waals surface area contributed by atoms with E-state index in [0.29, 0.717) is 11.1 Å². The Kier molecular flexibility index (Phi) is 4.14. The first-order valence-corrected chi connectivity index (χ1v) is 7.63. The van der Waals surface area contributed by atoms with Crippen LogP contribution in [0.4, 0.5) is 0 Å². The first-order valence-electron chi connectivity index (χ1n) is 6.15. The molecule has 114 valence electrons. The van der Waals surface area contributed by atoms with Crippen molar-refractivity contribution in [1.82, 2.24) is 14.6 Å². The van der Waals surface area contributed by atoms with Crippen LogP contribution in [0.15, 0.2) is 32.3 Å². The lowest BCUT2D eigenvalue weighted by Crippen LogP contribution is -2.33. The number of hydrogen-bond donors (Lipinski definition) is 2. The van der Waals surface area contributed by atoms with E-state index in [-0.39, 0.29) is 23.9 Å². The normalized spacial score (nSPS) is 11.7. The quantitative estimate of drug-likeness (QED) is 0.726. The fourth-order valence-corrected chi connectivity index (χ4v) is 2.83. The van der Waals surface area contributed by atoms with E-state index in [0.717, 1.165) is 0 Å². The third kappa shape index (κ3) is 3.31. The highest BCUT2D eigenvalue weighted by molar-refractivity contribution is 7.89. The predicted molar refractivity (Wildman–Crippen MR) is 75.3 cm³/mol. The van der Waals surface area contributed by atoms with Crippen molar-refractivity contribution in [2.45, 2.75) is 11.8 Å². The van der Waals surface area contributed by atoms with Crippen LogP contribution in [0.3, 0.4) is 0 Å². The van der Waals surface area contributed by atoms with Gasteiger partial charge in [-0.25, -0.2) is 17.9 Å². The summed E-state index contributed by atoms with van der Waals surface area (Å²) >= 11 is 0. The van der Waals surface area contributed by atoms with Crippen LogP contribution in [0, 0.1) is 0 Å². The van der Waals surface area contributed by atoms with Crippen molar-refractivity contribution in [2.24, 2.45) is 7.05 Å². The molecule has 2 aromatic rings. The lowest BCUT2D eigenvalue weighted by atomic mass is 10.3. The number of nitrogens with zero attached hydrogens (tertiary/aromatic N) is 1. The molecular formula is C12H15N3O5S. The maximum absolute atomic E-state index is 12.1. The topological polar surface area (TPSA) is 110 Å². The van der Waals surface area contributed by atoms with Gasteiger partial charge in [0, 0.05) is 27.1 Å². The van der Waals surface area contributed by atoms with Crippen molar-refractivity contribution >= 4 is 27.0 Å². The number of benzene rings is 1. The van der Waals surface area contributed by atoms with Gasteiger partial charge in [-0.1, -0.05) is 0 Å². The van der Waals surface area contributed by atoms with Gasteiger partial charge < -0.3 is 9.73 Å². The fraction of sp³-hybridized carbons (Fsp3) is 0.333. The molecular weight excluding hydrogens is 298 g/mol. The van der Waals surface area contributed by atoms with Crippen LogP contribution < -0.4 is 15.8 Å². The molecule has 1 aromatic carbocycles. The Hall–Kier alpha value is -2.13. The number of aromatic nitrogens is 1. The van der Waals surface area contributed by atoms with E-state index in [2.05, 4.69) is 10.0 Å². The van der Waals surface area contributed by atoms with E-state index in [1.807, 2.05) is 0 Å². The maximum atomic E-state index is 12.1. The molecule has 1 heterocycles. The lowest BCUT2D eigenvalue weighted by molar-refractivity contribution is -0.118. The molecule has 0 atom stereocenters. The molecule has 2 rings (SSSR count). The molecule has 0 aliphatic heterocycles. The number of nitrogens with one attached hydrogen (secondary N) is 2. The van der Waals surface area contributed by atoms with E-state index in [4.69, 9.17) is 4.42 Å². The lowest BCUT2D eigenvalue weighted by Gasteiger charge is -2.07. The molecule has 2 N–H and O–H groups in total. The molecule has 0 spiro atoms. The summed E-state index contributed by atoms with van der Waals surface area (Å²) < 4.78 is 32.7. The van der Waals surface area contributed by atoms with Crippen LogP contribution in [0.5, 0.6) is 0 Å². The summed E-state index contributed by atoms with van der Waals surface area (Å²) in [7, 11) is -2.22. The molecule has 0 aliphatic carbocycles. The van der Waals surface area contributed by atoms with Crippen molar-refractivity contribution in [3.63, 3.8) is 0 Å². The Bertz CT molecular complexity index is 834. The van der Waals surface area contributed by atoms with Gasteiger partial charge in [-0.05, 0) is 18.2 Å². The number of sulfonamides is 1. The number of oxazole rings is 1. The molecule has 1 amide bonds. The zero-order valence-corrected chi connectivity index (χ0v) is 12.4. The minimum absolute atomic E-state index is 0.0224. The summed E-state index contributed by atoms with van der Waals surface area (Å²) in [5.74, 6) is -0.790. The zero-order chi connectivity index (χ0) is 15.6. The van der Waals surface area contributed by atoms with Gasteiger partial charge in [0.15, 0.2) is 5.58 Å². The standard InChI is InChI=1S/C12H15N3O5S/c1-8(16)13-5-6-14-21(18,19)9-3-4-11-10(7-9)15(2)12(17)20-11/h3-4,7,14H,5-6H2,1-2H3,(H,13,16). The average molecular weight is 313 g/mol.